The first-order valence-electron chi connectivity index (χ1n) is 5.27. The van der Waals surface area contributed by atoms with Crippen LogP contribution in [0.15, 0.2) is 0 Å². The number of aliphatic carboxylic acids is 3. The molecule has 0 heterocycles. The van der Waals surface area contributed by atoms with Crippen LogP contribution in [-0.2, 0) is 28.7 Å². The Balaban J connectivity index is 5.48. The Morgan fingerprint density at radius 3 is 1.79 bits per heavy atom. The number of esters is 1. The summed E-state index contributed by atoms with van der Waals surface area (Å²) in [4.78, 5) is 44.1. The Morgan fingerprint density at radius 2 is 1.53 bits per heavy atom. The van der Waals surface area contributed by atoms with Crippen LogP contribution >= 0.6 is 0 Å². The lowest BCUT2D eigenvalue weighted by atomic mass is 10.0. The summed E-state index contributed by atoms with van der Waals surface area (Å²) in [5.74, 6) is -7.01. The van der Waals surface area contributed by atoms with Gasteiger partial charge in [0.15, 0.2) is 0 Å². The van der Waals surface area contributed by atoms with Gasteiger partial charge in [-0.1, -0.05) is 6.92 Å². The van der Waals surface area contributed by atoms with Gasteiger partial charge >= 0.3 is 23.9 Å². The van der Waals surface area contributed by atoms with Crippen molar-refractivity contribution in [3.05, 3.63) is 0 Å². The van der Waals surface area contributed by atoms with Crippen molar-refractivity contribution < 1.29 is 44.0 Å². The minimum absolute atomic E-state index is 0.165. The largest absolute Gasteiger partial charge is 0.479 e. The molecule has 0 aliphatic rings. The number of carbonyl (C=O) groups is 4. The molecule has 19 heavy (non-hydrogen) atoms. The second-order valence-electron chi connectivity index (χ2n) is 3.38. The van der Waals surface area contributed by atoms with Gasteiger partial charge in [0, 0.05) is 0 Å². The Bertz CT molecular complexity index is 374. The van der Waals surface area contributed by atoms with Crippen molar-refractivity contribution in [3.63, 3.8) is 0 Å². The normalized spacial score (nSPS) is 13.6. The molecule has 9 heteroatoms. The van der Waals surface area contributed by atoms with E-state index in [1.54, 1.807) is 0 Å². The molecule has 0 aromatic rings. The lowest BCUT2D eigenvalue weighted by Crippen LogP contribution is -2.54. The van der Waals surface area contributed by atoms with Crippen molar-refractivity contribution in [2.45, 2.75) is 32.0 Å². The van der Waals surface area contributed by atoms with Crippen LogP contribution in [0.2, 0.25) is 0 Å². The maximum atomic E-state index is 11.6. The smallest absolute Gasteiger partial charge is 0.350 e. The van der Waals surface area contributed by atoms with Gasteiger partial charge in [-0.2, -0.15) is 0 Å². The van der Waals surface area contributed by atoms with Gasteiger partial charge in [-0.05, 0) is 13.3 Å². The number of hydrogen-bond acceptors (Lipinski definition) is 6. The number of ether oxygens (including phenoxy) is 2. The Hall–Kier alpha value is -2.16. The topological polar surface area (TPSA) is 147 Å². The first-order chi connectivity index (χ1) is 8.72. The number of rotatable bonds is 8. The molecule has 0 saturated heterocycles. The molecule has 0 amide bonds. The van der Waals surface area contributed by atoms with Crippen molar-refractivity contribution in [1.29, 1.82) is 0 Å². The fraction of sp³-hybridized carbons (Fsp3) is 0.600. The van der Waals surface area contributed by atoms with E-state index in [9.17, 15) is 19.2 Å². The minimum Gasteiger partial charge on any atom is -0.479 e. The highest BCUT2D eigenvalue weighted by Crippen LogP contribution is 2.21. The third-order valence-corrected chi connectivity index (χ3v) is 2.22. The predicted molar refractivity (Wildman–Crippen MR) is 57.4 cm³/mol. The highest BCUT2D eigenvalue weighted by atomic mass is 16.6. The first kappa shape index (κ1) is 16.8. The van der Waals surface area contributed by atoms with Crippen LogP contribution in [0.25, 0.3) is 0 Å². The van der Waals surface area contributed by atoms with Gasteiger partial charge in [-0.3, -0.25) is 0 Å². The summed E-state index contributed by atoms with van der Waals surface area (Å²) in [5, 5.41) is 26.3. The quantitative estimate of drug-likeness (QED) is 0.388. The molecule has 9 nitrogen and oxygen atoms in total. The Kier molecular flexibility index (Phi) is 5.93. The molecular formula is C10H14O9. The zero-order valence-corrected chi connectivity index (χ0v) is 10.3. The van der Waals surface area contributed by atoms with E-state index in [1.807, 2.05) is 0 Å². The van der Waals surface area contributed by atoms with Crippen LogP contribution in [0.3, 0.4) is 0 Å². The SMILES string of the molecule is CCOC(=O)C(CC)(OC(C(=O)O)C(=O)O)C(=O)O. The maximum Gasteiger partial charge on any atom is 0.350 e. The van der Waals surface area contributed by atoms with Crippen LogP contribution in [-0.4, -0.2) is 57.5 Å². The molecule has 0 aliphatic carbocycles. The van der Waals surface area contributed by atoms with Crippen LogP contribution in [0.5, 0.6) is 0 Å². The standard InChI is InChI=1S/C10H14O9/c1-3-10(8(15)16,9(17)18-4-2)19-5(6(11)12)7(13)14/h5H,3-4H2,1-2H3,(H,11,12)(H,13,14)(H,15,16). The average Bonchev–Trinajstić information content (AvgIpc) is 2.29. The highest BCUT2D eigenvalue weighted by Gasteiger charge is 2.52. The highest BCUT2D eigenvalue weighted by molar-refractivity contribution is 6.04. The molecule has 1 unspecified atom stereocenters. The number of hydrogen-bond donors (Lipinski definition) is 3. The van der Waals surface area contributed by atoms with Crippen LogP contribution in [0, 0.1) is 0 Å². The van der Waals surface area contributed by atoms with E-state index in [0.717, 1.165) is 0 Å². The van der Waals surface area contributed by atoms with Gasteiger partial charge < -0.3 is 24.8 Å². The minimum atomic E-state index is -2.67. The van der Waals surface area contributed by atoms with Crippen molar-refractivity contribution in [3.8, 4) is 0 Å². The van der Waals surface area contributed by atoms with Gasteiger partial charge in [-0.15, -0.1) is 0 Å². The second-order valence-corrected chi connectivity index (χ2v) is 3.38. The van der Waals surface area contributed by atoms with Crippen LogP contribution < -0.4 is 0 Å². The second kappa shape index (κ2) is 6.69. The molecule has 0 spiro atoms. The zero-order valence-electron chi connectivity index (χ0n) is 10.3. The molecule has 0 bridgehead atoms. The van der Waals surface area contributed by atoms with E-state index >= 15 is 0 Å². The van der Waals surface area contributed by atoms with Gasteiger partial charge in [0.25, 0.3) is 11.7 Å². The maximum absolute atomic E-state index is 11.6. The Morgan fingerprint density at radius 1 is 1.05 bits per heavy atom. The summed E-state index contributed by atoms with van der Waals surface area (Å²) < 4.78 is 9.00. The van der Waals surface area contributed by atoms with Gasteiger partial charge in [-0.25, -0.2) is 19.2 Å². The molecule has 1 atom stereocenters. The lowest BCUT2D eigenvalue weighted by Gasteiger charge is -2.27. The molecule has 0 aromatic heterocycles. The molecule has 0 aliphatic heterocycles. The third kappa shape index (κ3) is 3.65. The van der Waals surface area contributed by atoms with Crippen LogP contribution in [0.4, 0.5) is 0 Å². The van der Waals surface area contributed by atoms with Gasteiger partial charge in [0.05, 0.1) is 6.61 Å². The van der Waals surface area contributed by atoms with E-state index in [0.29, 0.717) is 0 Å². The van der Waals surface area contributed by atoms with E-state index in [2.05, 4.69) is 9.47 Å². The number of carboxylic acids is 3. The van der Waals surface area contributed by atoms with Crippen LogP contribution in [0.1, 0.15) is 20.3 Å². The first-order valence-corrected chi connectivity index (χ1v) is 5.27. The molecule has 0 saturated carbocycles. The molecule has 108 valence electrons. The molecule has 0 aromatic carbocycles. The van der Waals surface area contributed by atoms with E-state index < -0.39 is 42.0 Å². The van der Waals surface area contributed by atoms with Gasteiger partial charge in [0.1, 0.15) is 0 Å². The summed E-state index contributed by atoms with van der Waals surface area (Å²) in [6, 6.07) is 0. The predicted octanol–water partition coefficient (Wildman–Crippen LogP) is -0.663. The van der Waals surface area contributed by atoms with E-state index in [1.165, 1.54) is 13.8 Å². The third-order valence-electron chi connectivity index (χ3n) is 2.22. The van der Waals surface area contributed by atoms with E-state index in [4.69, 9.17) is 15.3 Å². The fourth-order valence-electron chi connectivity index (χ4n) is 1.22. The van der Waals surface area contributed by atoms with Crippen molar-refractivity contribution in [1.82, 2.24) is 0 Å². The molecule has 0 fully saturated rings. The van der Waals surface area contributed by atoms with Crippen molar-refractivity contribution in [2.24, 2.45) is 0 Å². The number of carbonyl (C=O) groups excluding carboxylic acids is 1. The molecule has 3 N–H and O–H groups in total. The fourth-order valence-corrected chi connectivity index (χ4v) is 1.22. The molecule has 0 rings (SSSR count). The molecular weight excluding hydrogens is 264 g/mol. The summed E-state index contributed by atoms with van der Waals surface area (Å²) in [6.45, 7) is 2.47. The zero-order chi connectivity index (χ0) is 15.2. The monoisotopic (exact) mass is 278 g/mol. The summed E-state index contributed by atoms with van der Waals surface area (Å²) in [7, 11) is 0. The molecule has 0 radical (unpaired) electrons. The van der Waals surface area contributed by atoms with Crippen molar-refractivity contribution >= 4 is 23.9 Å². The summed E-state index contributed by atoms with van der Waals surface area (Å²) in [5.41, 5.74) is -2.67. The lowest BCUT2D eigenvalue weighted by molar-refractivity contribution is -0.202. The Labute approximate surface area is 107 Å². The summed E-state index contributed by atoms with van der Waals surface area (Å²) in [6.07, 6.45) is -2.97. The number of carboxylic acid groups (broad SMARTS) is 3. The summed E-state index contributed by atoms with van der Waals surface area (Å²) >= 11 is 0. The van der Waals surface area contributed by atoms with Gasteiger partial charge in [0.2, 0.25) is 0 Å². The van der Waals surface area contributed by atoms with Crippen molar-refractivity contribution in [2.75, 3.05) is 6.61 Å². The van der Waals surface area contributed by atoms with E-state index in [-0.39, 0.29) is 6.61 Å². The average molecular weight is 278 g/mol.